The van der Waals surface area contributed by atoms with E-state index in [0.29, 0.717) is 40.8 Å². The molecule has 8 heteroatoms. The first-order valence-electron chi connectivity index (χ1n) is 10.2. The minimum Gasteiger partial charge on any atom is -0.462 e. The van der Waals surface area contributed by atoms with Gasteiger partial charge in [0.15, 0.2) is 23.0 Å². The Morgan fingerprint density at radius 2 is 1.72 bits per heavy atom. The topological polar surface area (TPSA) is 75.6 Å². The smallest absolute Gasteiger partial charge is 0.341 e. The van der Waals surface area contributed by atoms with Crippen molar-refractivity contribution >= 4 is 28.5 Å². The minimum atomic E-state index is -0.370. The maximum atomic E-state index is 12.9. The molecular weight excluding hydrogens is 430 g/mol. The van der Waals surface area contributed by atoms with Crippen LogP contribution in [0.4, 0.5) is 5.00 Å². The number of esters is 1. The van der Waals surface area contributed by atoms with E-state index in [-0.39, 0.29) is 19.6 Å². The summed E-state index contributed by atoms with van der Waals surface area (Å²) in [5.41, 5.74) is 3.29. The van der Waals surface area contributed by atoms with E-state index in [2.05, 4.69) is 4.99 Å². The number of hydrogen-bond acceptors (Lipinski definition) is 8. The van der Waals surface area contributed by atoms with Crippen LogP contribution in [0.2, 0.25) is 0 Å². The molecule has 0 atom stereocenters. The van der Waals surface area contributed by atoms with Crippen molar-refractivity contribution in [3.63, 3.8) is 0 Å². The Balaban J connectivity index is 1.48. The van der Waals surface area contributed by atoms with Crippen molar-refractivity contribution in [3.05, 3.63) is 63.5 Å². The second-order valence-corrected chi connectivity index (χ2v) is 8.48. The second kappa shape index (κ2) is 8.55. The lowest BCUT2D eigenvalue weighted by Crippen LogP contribution is -2.07. The Labute approximate surface area is 189 Å². The predicted octanol–water partition coefficient (Wildman–Crippen LogP) is 5.03. The van der Waals surface area contributed by atoms with E-state index in [4.69, 9.17) is 23.7 Å². The van der Waals surface area contributed by atoms with Crippen LogP contribution in [0.5, 0.6) is 23.0 Å². The van der Waals surface area contributed by atoms with Crippen LogP contribution in [-0.4, -0.2) is 32.4 Å². The number of aliphatic imine (C=N–C) groups is 1. The maximum absolute atomic E-state index is 12.9. The van der Waals surface area contributed by atoms with Gasteiger partial charge in [-0.3, -0.25) is 0 Å². The third-order valence-electron chi connectivity index (χ3n) is 5.22. The molecule has 0 saturated carbocycles. The van der Waals surface area contributed by atoms with Gasteiger partial charge in [-0.2, -0.15) is 0 Å². The summed E-state index contributed by atoms with van der Waals surface area (Å²) in [6.07, 6.45) is 2.28. The van der Waals surface area contributed by atoms with E-state index in [0.717, 1.165) is 27.3 Å². The highest BCUT2D eigenvalue weighted by Crippen LogP contribution is 2.39. The van der Waals surface area contributed by atoms with Crippen molar-refractivity contribution in [2.45, 2.75) is 20.3 Å². The number of aryl methyl sites for hydroxylation is 1. The molecule has 3 heterocycles. The molecule has 3 aromatic rings. The molecule has 0 aliphatic carbocycles. The SMILES string of the molecule is CCOC(=O)c1c(N=Cc2ccc3c(c2)OCO3)sc(C)c1Cc1ccc2c(c1)OCO2. The molecule has 0 bridgehead atoms. The number of rotatable bonds is 6. The molecule has 0 unspecified atom stereocenters. The average Bonchev–Trinajstić information content (AvgIpc) is 3.51. The highest BCUT2D eigenvalue weighted by atomic mass is 32.1. The molecule has 32 heavy (non-hydrogen) atoms. The van der Waals surface area contributed by atoms with Crippen molar-refractivity contribution in [2.75, 3.05) is 20.2 Å². The van der Waals surface area contributed by atoms with Crippen molar-refractivity contribution in [3.8, 4) is 23.0 Å². The number of benzene rings is 2. The zero-order valence-corrected chi connectivity index (χ0v) is 18.5. The van der Waals surface area contributed by atoms with Gasteiger partial charge in [-0.15, -0.1) is 11.3 Å². The van der Waals surface area contributed by atoms with Crippen LogP contribution >= 0.6 is 11.3 Å². The summed E-state index contributed by atoms with van der Waals surface area (Å²) in [5, 5.41) is 0.620. The first kappa shape index (κ1) is 20.4. The van der Waals surface area contributed by atoms with Gasteiger partial charge in [0.2, 0.25) is 13.6 Å². The number of fused-ring (bicyclic) bond motifs is 2. The van der Waals surface area contributed by atoms with Crippen LogP contribution < -0.4 is 18.9 Å². The normalized spacial score (nSPS) is 13.7. The zero-order chi connectivity index (χ0) is 22.1. The molecule has 2 aliphatic heterocycles. The molecular formula is C24H21NO6S. The number of thiophene rings is 1. The summed E-state index contributed by atoms with van der Waals surface area (Å²) in [7, 11) is 0. The lowest BCUT2D eigenvalue weighted by atomic mass is 10.0. The molecule has 164 valence electrons. The third-order valence-corrected chi connectivity index (χ3v) is 6.27. The van der Waals surface area contributed by atoms with E-state index >= 15 is 0 Å². The Bertz CT molecular complexity index is 1220. The largest absolute Gasteiger partial charge is 0.462 e. The summed E-state index contributed by atoms with van der Waals surface area (Å²) in [6.45, 7) is 4.53. The lowest BCUT2D eigenvalue weighted by molar-refractivity contribution is 0.0527. The van der Waals surface area contributed by atoms with Gasteiger partial charge in [-0.05, 0) is 67.3 Å². The Morgan fingerprint density at radius 1 is 1.03 bits per heavy atom. The van der Waals surface area contributed by atoms with Gasteiger partial charge in [0.25, 0.3) is 0 Å². The van der Waals surface area contributed by atoms with Gasteiger partial charge < -0.3 is 23.7 Å². The summed E-state index contributed by atoms with van der Waals surface area (Å²) in [5.74, 6) is 2.48. The standard InChI is InChI=1S/C24H21NO6S/c1-3-27-24(26)22-17(8-15-4-6-18-20(9-15)30-12-28-18)14(2)32-23(22)25-11-16-5-7-19-21(10-16)31-13-29-19/h4-7,9-11H,3,8,12-13H2,1-2H3. The maximum Gasteiger partial charge on any atom is 0.341 e. The van der Waals surface area contributed by atoms with Crippen LogP contribution in [0, 0.1) is 6.92 Å². The molecule has 0 N–H and O–H groups in total. The van der Waals surface area contributed by atoms with E-state index in [9.17, 15) is 4.79 Å². The molecule has 0 amide bonds. The molecule has 1 aromatic heterocycles. The fraction of sp³-hybridized carbons (Fsp3) is 0.250. The molecule has 0 spiro atoms. The van der Waals surface area contributed by atoms with Crippen LogP contribution in [0.3, 0.4) is 0 Å². The van der Waals surface area contributed by atoms with Crippen molar-refractivity contribution in [1.82, 2.24) is 0 Å². The number of ether oxygens (including phenoxy) is 5. The quantitative estimate of drug-likeness (QED) is 0.386. The summed E-state index contributed by atoms with van der Waals surface area (Å²) in [6, 6.07) is 11.4. The van der Waals surface area contributed by atoms with E-state index in [1.54, 1.807) is 13.1 Å². The number of carbonyl (C=O) groups excluding carboxylic acids is 1. The predicted molar refractivity (Wildman–Crippen MR) is 120 cm³/mol. The second-order valence-electron chi connectivity index (χ2n) is 7.27. The molecule has 0 fully saturated rings. The van der Waals surface area contributed by atoms with Crippen LogP contribution in [0.25, 0.3) is 0 Å². The molecule has 0 saturated heterocycles. The molecule has 5 rings (SSSR count). The van der Waals surface area contributed by atoms with E-state index in [1.165, 1.54) is 11.3 Å². The number of carbonyl (C=O) groups is 1. The van der Waals surface area contributed by atoms with E-state index < -0.39 is 0 Å². The van der Waals surface area contributed by atoms with Crippen molar-refractivity contribution in [2.24, 2.45) is 4.99 Å². The lowest BCUT2D eigenvalue weighted by Gasteiger charge is -2.08. The number of nitrogens with zero attached hydrogens (tertiary/aromatic N) is 1. The fourth-order valence-electron chi connectivity index (χ4n) is 3.66. The molecule has 2 aliphatic rings. The first-order valence-corrected chi connectivity index (χ1v) is 11.1. The summed E-state index contributed by atoms with van der Waals surface area (Å²) in [4.78, 5) is 18.5. The molecule has 7 nitrogen and oxygen atoms in total. The van der Waals surface area contributed by atoms with Crippen LogP contribution in [-0.2, 0) is 11.2 Å². The number of hydrogen-bond donors (Lipinski definition) is 0. The van der Waals surface area contributed by atoms with Crippen LogP contribution in [0.1, 0.15) is 38.8 Å². The van der Waals surface area contributed by atoms with Crippen molar-refractivity contribution in [1.29, 1.82) is 0 Å². The van der Waals surface area contributed by atoms with Gasteiger partial charge >= 0.3 is 5.97 Å². The van der Waals surface area contributed by atoms with E-state index in [1.807, 2.05) is 43.3 Å². The Hall–Kier alpha value is -3.52. The molecule has 0 radical (unpaired) electrons. The summed E-state index contributed by atoms with van der Waals surface area (Å²) < 4.78 is 27.0. The Kier molecular flexibility index (Phi) is 5.45. The highest BCUT2D eigenvalue weighted by Gasteiger charge is 2.24. The van der Waals surface area contributed by atoms with Crippen LogP contribution in [0.15, 0.2) is 41.4 Å². The monoisotopic (exact) mass is 451 g/mol. The van der Waals surface area contributed by atoms with Gasteiger partial charge in [-0.1, -0.05) is 6.07 Å². The average molecular weight is 452 g/mol. The minimum absolute atomic E-state index is 0.219. The van der Waals surface area contributed by atoms with Gasteiger partial charge in [0.1, 0.15) is 10.6 Å². The third kappa shape index (κ3) is 3.89. The van der Waals surface area contributed by atoms with Crippen molar-refractivity contribution < 1.29 is 28.5 Å². The van der Waals surface area contributed by atoms with Gasteiger partial charge in [0.05, 0.1) is 6.61 Å². The first-order chi connectivity index (χ1) is 15.6. The summed E-state index contributed by atoms with van der Waals surface area (Å²) >= 11 is 1.47. The Morgan fingerprint density at radius 3 is 2.47 bits per heavy atom. The molecule has 2 aromatic carbocycles. The van der Waals surface area contributed by atoms with Gasteiger partial charge in [0, 0.05) is 11.1 Å². The zero-order valence-electron chi connectivity index (χ0n) is 17.7. The van der Waals surface area contributed by atoms with Gasteiger partial charge in [-0.25, -0.2) is 9.79 Å². The highest BCUT2D eigenvalue weighted by molar-refractivity contribution is 7.16. The fourth-order valence-corrected chi connectivity index (χ4v) is 4.66.